The number of nitrogens with zero attached hydrogens (tertiary/aromatic N) is 3. The summed E-state index contributed by atoms with van der Waals surface area (Å²) in [4.78, 5) is 15.9. The van der Waals surface area contributed by atoms with Gasteiger partial charge >= 0.3 is 0 Å². The molecule has 4 aromatic rings. The Morgan fingerprint density at radius 3 is 2.91 bits per heavy atom. The number of fused-ring (bicyclic) bond motifs is 1. The van der Waals surface area contributed by atoms with Gasteiger partial charge in [-0.15, -0.1) is 10.2 Å². The van der Waals surface area contributed by atoms with E-state index in [4.69, 9.17) is 4.74 Å². The second-order valence-electron chi connectivity index (χ2n) is 7.95. The molecule has 1 amide bonds. The Morgan fingerprint density at radius 1 is 1.22 bits per heavy atom. The normalized spacial score (nSPS) is 16.0. The van der Waals surface area contributed by atoms with Crippen molar-refractivity contribution < 1.29 is 9.53 Å². The van der Waals surface area contributed by atoms with Gasteiger partial charge in [-0.3, -0.25) is 9.36 Å². The molecule has 7 nitrogen and oxygen atoms in total. The van der Waals surface area contributed by atoms with Gasteiger partial charge in [-0.25, -0.2) is 0 Å². The molecule has 0 aliphatic carbocycles. The quantitative estimate of drug-likeness (QED) is 0.403. The summed E-state index contributed by atoms with van der Waals surface area (Å²) in [6.07, 6.45) is 4.19. The van der Waals surface area contributed by atoms with Crippen molar-refractivity contribution in [2.45, 2.75) is 37.6 Å². The van der Waals surface area contributed by atoms with Gasteiger partial charge in [0.1, 0.15) is 0 Å². The van der Waals surface area contributed by atoms with Crippen molar-refractivity contribution in [1.82, 2.24) is 19.7 Å². The van der Waals surface area contributed by atoms with Crippen molar-refractivity contribution in [2.24, 2.45) is 0 Å². The minimum atomic E-state index is -0.0652. The summed E-state index contributed by atoms with van der Waals surface area (Å²) in [6.45, 7) is 3.44. The van der Waals surface area contributed by atoms with Crippen LogP contribution in [-0.2, 0) is 16.1 Å². The Balaban J connectivity index is 1.39. The highest BCUT2D eigenvalue weighted by molar-refractivity contribution is 7.99. The summed E-state index contributed by atoms with van der Waals surface area (Å²) in [5.74, 6) is 0.982. The smallest absolute Gasteiger partial charge is 0.234 e. The number of aryl methyl sites for hydroxylation is 1. The fourth-order valence-electron chi connectivity index (χ4n) is 4.04. The number of hydrogen-bond acceptors (Lipinski definition) is 5. The predicted molar refractivity (Wildman–Crippen MR) is 127 cm³/mol. The number of rotatable bonds is 7. The zero-order valence-corrected chi connectivity index (χ0v) is 18.7. The monoisotopic (exact) mass is 447 g/mol. The minimum absolute atomic E-state index is 0.0652. The lowest BCUT2D eigenvalue weighted by Gasteiger charge is -2.14. The van der Waals surface area contributed by atoms with Crippen LogP contribution in [0.25, 0.3) is 22.3 Å². The average molecular weight is 448 g/mol. The molecule has 5 rings (SSSR count). The number of hydrogen-bond donors (Lipinski definition) is 2. The van der Waals surface area contributed by atoms with Crippen LogP contribution in [0.2, 0.25) is 0 Å². The molecule has 1 aliphatic heterocycles. The number of carbonyl (C=O) groups excluding carboxylic acids is 1. The van der Waals surface area contributed by atoms with Gasteiger partial charge in [0.05, 0.1) is 18.4 Å². The lowest BCUT2D eigenvalue weighted by Crippen LogP contribution is -2.18. The van der Waals surface area contributed by atoms with E-state index in [2.05, 4.69) is 31.1 Å². The molecule has 1 saturated heterocycles. The Kier molecular flexibility index (Phi) is 5.96. The Bertz CT molecular complexity index is 1240. The maximum Gasteiger partial charge on any atom is 0.234 e. The summed E-state index contributed by atoms with van der Waals surface area (Å²) in [6, 6.07) is 15.9. The van der Waals surface area contributed by atoms with Gasteiger partial charge in [0.2, 0.25) is 5.91 Å². The van der Waals surface area contributed by atoms with Crippen LogP contribution in [0.5, 0.6) is 0 Å². The first-order valence-electron chi connectivity index (χ1n) is 10.8. The SMILES string of the molecule is Cc1ccccc1NC(=O)CSc1nnc(-c2c[nH]c3ccccc23)n1CC1CCCO1. The molecule has 2 aromatic heterocycles. The van der Waals surface area contributed by atoms with E-state index in [9.17, 15) is 4.79 Å². The fourth-order valence-corrected chi connectivity index (χ4v) is 4.79. The number of aromatic nitrogens is 4. The first kappa shape index (κ1) is 20.8. The maximum atomic E-state index is 12.6. The standard InChI is InChI=1S/C24H25N5O2S/c1-16-7-2-4-10-20(16)26-22(30)15-32-24-28-27-23(29(24)14-17-8-6-12-31-17)19-13-25-21-11-5-3-9-18(19)21/h2-5,7,9-11,13,17,25H,6,8,12,14-15H2,1H3,(H,26,30). The summed E-state index contributed by atoms with van der Waals surface area (Å²) in [5.41, 5.74) is 3.93. The molecular formula is C24H25N5O2S. The van der Waals surface area contributed by atoms with Gasteiger partial charge in [0.25, 0.3) is 0 Å². The first-order valence-corrected chi connectivity index (χ1v) is 11.8. The van der Waals surface area contributed by atoms with Crippen molar-refractivity contribution >= 4 is 34.3 Å². The van der Waals surface area contributed by atoms with Crippen LogP contribution in [0, 0.1) is 6.92 Å². The molecule has 0 spiro atoms. The van der Waals surface area contributed by atoms with Crippen LogP contribution in [-0.4, -0.2) is 44.1 Å². The molecule has 3 heterocycles. The van der Waals surface area contributed by atoms with Crippen LogP contribution >= 0.6 is 11.8 Å². The van der Waals surface area contributed by atoms with Crippen LogP contribution in [0.3, 0.4) is 0 Å². The molecule has 2 aromatic carbocycles. The average Bonchev–Trinajstić information content (AvgIpc) is 3.54. The van der Waals surface area contributed by atoms with E-state index in [1.54, 1.807) is 0 Å². The third-order valence-corrected chi connectivity index (χ3v) is 6.68. The van der Waals surface area contributed by atoms with Gasteiger partial charge in [-0.1, -0.05) is 48.2 Å². The molecule has 2 N–H and O–H groups in total. The van der Waals surface area contributed by atoms with Crippen molar-refractivity contribution in [1.29, 1.82) is 0 Å². The molecule has 1 atom stereocenters. The third-order valence-electron chi connectivity index (χ3n) is 5.71. The predicted octanol–water partition coefficient (Wildman–Crippen LogP) is 4.64. The van der Waals surface area contributed by atoms with Crippen molar-refractivity contribution in [2.75, 3.05) is 17.7 Å². The molecule has 8 heteroatoms. The maximum absolute atomic E-state index is 12.6. The number of anilines is 1. The highest BCUT2D eigenvalue weighted by atomic mass is 32.2. The van der Waals surface area contributed by atoms with Gasteiger partial charge in [0.15, 0.2) is 11.0 Å². The van der Waals surface area contributed by atoms with E-state index in [-0.39, 0.29) is 17.8 Å². The van der Waals surface area contributed by atoms with E-state index < -0.39 is 0 Å². The molecular weight excluding hydrogens is 422 g/mol. The number of benzene rings is 2. The summed E-state index contributed by atoms with van der Waals surface area (Å²) >= 11 is 1.40. The molecule has 1 unspecified atom stereocenters. The minimum Gasteiger partial charge on any atom is -0.376 e. The fraction of sp³-hybridized carbons (Fsp3) is 0.292. The van der Waals surface area contributed by atoms with Crippen LogP contribution in [0.4, 0.5) is 5.69 Å². The second-order valence-corrected chi connectivity index (χ2v) is 8.89. The number of ether oxygens (including phenoxy) is 1. The van der Waals surface area contributed by atoms with E-state index in [0.717, 1.165) is 58.1 Å². The Hall–Kier alpha value is -3.10. The van der Waals surface area contributed by atoms with Crippen molar-refractivity contribution in [3.05, 3.63) is 60.3 Å². The summed E-state index contributed by atoms with van der Waals surface area (Å²) in [7, 11) is 0. The Labute approximate surface area is 190 Å². The number of carbonyl (C=O) groups is 1. The lowest BCUT2D eigenvalue weighted by molar-refractivity contribution is -0.113. The number of aromatic amines is 1. The largest absolute Gasteiger partial charge is 0.376 e. The summed E-state index contributed by atoms with van der Waals surface area (Å²) in [5, 5.41) is 13.8. The third kappa shape index (κ3) is 4.28. The lowest BCUT2D eigenvalue weighted by atomic mass is 10.1. The van der Waals surface area contributed by atoms with Gasteiger partial charge in [-0.2, -0.15) is 0 Å². The zero-order chi connectivity index (χ0) is 21.9. The number of para-hydroxylation sites is 2. The number of thioether (sulfide) groups is 1. The Morgan fingerprint density at radius 2 is 2.06 bits per heavy atom. The van der Waals surface area contributed by atoms with Gasteiger partial charge < -0.3 is 15.0 Å². The molecule has 164 valence electrons. The molecule has 1 aliphatic rings. The van der Waals surface area contributed by atoms with E-state index in [1.165, 1.54) is 11.8 Å². The van der Waals surface area contributed by atoms with Gasteiger partial charge in [0, 0.05) is 35.0 Å². The number of amides is 1. The van der Waals surface area contributed by atoms with Crippen LogP contribution in [0.1, 0.15) is 18.4 Å². The molecule has 0 radical (unpaired) electrons. The molecule has 32 heavy (non-hydrogen) atoms. The van der Waals surface area contributed by atoms with Crippen molar-refractivity contribution in [3.63, 3.8) is 0 Å². The van der Waals surface area contributed by atoms with Gasteiger partial charge in [-0.05, 0) is 37.5 Å². The van der Waals surface area contributed by atoms with E-state index in [1.807, 2.05) is 55.6 Å². The number of nitrogens with one attached hydrogen (secondary N) is 2. The summed E-state index contributed by atoms with van der Waals surface area (Å²) < 4.78 is 7.98. The van der Waals surface area contributed by atoms with E-state index in [0.29, 0.717) is 6.54 Å². The highest BCUT2D eigenvalue weighted by Crippen LogP contribution is 2.31. The molecule has 1 fully saturated rings. The van der Waals surface area contributed by atoms with Crippen LogP contribution in [0.15, 0.2) is 59.9 Å². The van der Waals surface area contributed by atoms with Crippen LogP contribution < -0.4 is 5.32 Å². The first-order chi connectivity index (χ1) is 15.7. The topological polar surface area (TPSA) is 84.8 Å². The molecule has 0 saturated carbocycles. The second kappa shape index (κ2) is 9.18. The van der Waals surface area contributed by atoms with E-state index >= 15 is 0 Å². The zero-order valence-electron chi connectivity index (χ0n) is 17.9. The number of H-pyrrole nitrogens is 1. The van der Waals surface area contributed by atoms with Crippen molar-refractivity contribution in [3.8, 4) is 11.4 Å². The highest BCUT2D eigenvalue weighted by Gasteiger charge is 2.23. The molecule has 0 bridgehead atoms.